The summed E-state index contributed by atoms with van der Waals surface area (Å²) in [6.07, 6.45) is 5.18. The molecule has 5 N–H and O–H groups in total. The van der Waals surface area contributed by atoms with Gasteiger partial charge in [-0.05, 0) is 32.8 Å². The number of ketones is 1. The first kappa shape index (κ1) is 49.5. The van der Waals surface area contributed by atoms with E-state index in [1.165, 1.54) is 64.3 Å². The number of rotatable bonds is 10. The molecule has 3 aliphatic heterocycles. The quantitative estimate of drug-likeness (QED) is 0.107. The second-order valence-electron chi connectivity index (χ2n) is 16.6. The van der Waals surface area contributed by atoms with Gasteiger partial charge in [-0.2, -0.15) is 0 Å². The minimum atomic E-state index is -2.04. The van der Waals surface area contributed by atoms with E-state index in [1.54, 1.807) is 46.9 Å². The summed E-state index contributed by atoms with van der Waals surface area (Å²) in [7, 11) is 3.07. The van der Waals surface area contributed by atoms with Crippen LogP contribution in [0.3, 0.4) is 0 Å². The van der Waals surface area contributed by atoms with Crippen molar-refractivity contribution in [1.29, 1.82) is 0 Å². The molecule has 2 amide bonds. The zero-order valence-electron chi connectivity index (χ0n) is 38.0. The van der Waals surface area contributed by atoms with E-state index in [2.05, 4.69) is 5.32 Å². The average Bonchev–Trinajstić information content (AvgIpc) is 3.50. The molecule has 5 bridgehead atoms. The number of hydrogen-bond acceptors (Lipinski definition) is 14. The Morgan fingerprint density at radius 3 is 2.18 bits per heavy atom. The number of aromatic hydroxyl groups is 2. The molecule has 2 aromatic rings. The molecule has 0 aromatic heterocycles. The Morgan fingerprint density at radius 2 is 1.58 bits per heavy atom. The molecule has 9 atom stereocenters. The number of anilines is 1. The van der Waals surface area contributed by atoms with Crippen LogP contribution < -0.4 is 14.8 Å². The molecule has 2 aromatic carbocycles. The Labute approximate surface area is 364 Å². The number of aliphatic hydroxyl groups excluding tert-OH is 2. The van der Waals surface area contributed by atoms with Gasteiger partial charge in [-0.15, -0.1) is 0 Å². The van der Waals surface area contributed by atoms with Crippen molar-refractivity contribution in [3.8, 4) is 23.0 Å². The van der Waals surface area contributed by atoms with Gasteiger partial charge in [0.1, 0.15) is 23.4 Å². The van der Waals surface area contributed by atoms with Crippen molar-refractivity contribution in [3.05, 3.63) is 53.3 Å². The minimum absolute atomic E-state index is 0.0616. The molecule has 0 saturated carbocycles. The Kier molecular flexibility index (Phi) is 16.6. The molecule has 0 spiro atoms. The lowest BCUT2D eigenvalue weighted by atomic mass is 9.78. The number of likely N-dealkylation sites (N-methyl/N-ethyl adjacent to an activating group) is 1. The van der Waals surface area contributed by atoms with Crippen LogP contribution in [0.25, 0.3) is 10.8 Å². The van der Waals surface area contributed by atoms with Crippen LogP contribution in [-0.4, -0.2) is 118 Å². The van der Waals surface area contributed by atoms with Crippen LogP contribution in [-0.2, 0) is 28.6 Å². The van der Waals surface area contributed by atoms with Gasteiger partial charge in [0.15, 0.2) is 12.4 Å². The van der Waals surface area contributed by atoms with E-state index in [1.807, 2.05) is 18.9 Å². The molecule has 0 aliphatic carbocycles. The number of esters is 1. The normalized spacial score (nSPS) is 28.2. The number of phenols is 2. The molecule has 342 valence electrons. The van der Waals surface area contributed by atoms with Crippen LogP contribution >= 0.6 is 0 Å². The Morgan fingerprint density at radius 1 is 0.935 bits per heavy atom. The van der Waals surface area contributed by atoms with E-state index in [4.69, 9.17) is 23.7 Å². The molecule has 9 unspecified atom stereocenters. The number of amides is 2. The molecule has 16 heteroatoms. The van der Waals surface area contributed by atoms with Gasteiger partial charge in [-0.25, -0.2) is 5.01 Å². The van der Waals surface area contributed by atoms with Crippen molar-refractivity contribution in [2.24, 2.45) is 23.7 Å². The number of nitrogens with one attached hydrogen (secondary N) is 1. The Balaban J connectivity index is 1.93. The van der Waals surface area contributed by atoms with Crippen LogP contribution in [0, 0.1) is 30.6 Å². The third-order valence-corrected chi connectivity index (χ3v) is 11.9. The smallest absolute Gasteiger partial charge is 0.312 e. The van der Waals surface area contributed by atoms with Gasteiger partial charge in [0.2, 0.25) is 0 Å². The number of allylic oxidation sites excluding steroid dienone is 2. The van der Waals surface area contributed by atoms with E-state index in [-0.39, 0.29) is 44.7 Å². The summed E-state index contributed by atoms with van der Waals surface area (Å²) in [6, 6.07) is 1.27. The lowest BCUT2D eigenvalue weighted by Gasteiger charge is -2.38. The number of carbonyl (C=O) groups excluding carboxylic acids is 4. The number of nitrogens with zero attached hydrogens (tertiary/aromatic N) is 2. The topological polar surface area (TPSA) is 214 Å². The van der Waals surface area contributed by atoms with Gasteiger partial charge in [-0.1, -0.05) is 59.8 Å². The van der Waals surface area contributed by atoms with E-state index in [0.29, 0.717) is 13.1 Å². The molecule has 3 aliphatic rings. The fraction of sp³-hybridized carbons (Fsp3) is 0.565. The maximum absolute atomic E-state index is 14.6. The number of hydrogen-bond donors (Lipinski definition) is 5. The second-order valence-corrected chi connectivity index (χ2v) is 16.6. The molecule has 0 saturated heterocycles. The number of ether oxygens (including phenoxy) is 5. The number of Topliss-reactive ketones (excluding diaryl/α,β-unsaturated/α-hetero) is 1. The maximum atomic E-state index is 14.6. The van der Waals surface area contributed by atoms with Crippen molar-refractivity contribution in [1.82, 2.24) is 10.0 Å². The number of hydrazine groups is 1. The maximum Gasteiger partial charge on any atom is 0.312 e. The molecule has 16 nitrogen and oxygen atoms in total. The largest absolute Gasteiger partial charge is 0.507 e. The van der Waals surface area contributed by atoms with Crippen molar-refractivity contribution >= 4 is 40.0 Å². The zero-order valence-corrected chi connectivity index (χ0v) is 38.0. The van der Waals surface area contributed by atoms with Crippen LogP contribution in [0.2, 0.25) is 0 Å². The average molecular weight is 868 g/mol. The minimum Gasteiger partial charge on any atom is -0.507 e. The highest BCUT2D eigenvalue weighted by molar-refractivity contribution is 6.21. The summed E-state index contributed by atoms with van der Waals surface area (Å²) in [5, 5.41) is 52.0. The van der Waals surface area contributed by atoms with Crippen molar-refractivity contribution in [3.63, 3.8) is 0 Å². The summed E-state index contributed by atoms with van der Waals surface area (Å²) >= 11 is 0. The zero-order chi connectivity index (χ0) is 46.4. The van der Waals surface area contributed by atoms with Gasteiger partial charge < -0.3 is 49.4 Å². The monoisotopic (exact) mass is 867 g/mol. The van der Waals surface area contributed by atoms with E-state index < -0.39 is 95.5 Å². The van der Waals surface area contributed by atoms with Crippen LogP contribution in [0.15, 0.2) is 42.2 Å². The van der Waals surface area contributed by atoms with Crippen LogP contribution in [0.4, 0.5) is 5.69 Å². The van der Waals surface area contributed by atoms with Crippen molar-refractivity contribution < 1.29 is 63.3 Å². The van der Waals surface area contributed by atoms with E-state index in [0.717, 1.165) is 12.8 Å². The van der Waals surface area contributed by atoms with Gasteiger partial charge in [0, 0.05) is 87.4 Å². The molecule has 0 fully saturated rings. The summed E-state index contributed by atoms with van der Waals surface area (Å²) in [5.74, 6) is -8.13. The summed E-state index contributed by atoms with van der Waals surface area (Å²) in [6.45, 7) is 17.3. The molecule has 62 heavy (non-hydrogen) atoms. The first-order chi connectivity index (χ1) is 29.1. The highest BCUT2D eigenvalue weighted by atomic mass is 16.7. The molecular weight excluding hydrogens is 803 g/mol. The number of benzene rings is 2. The van der Waals surface area contributed by atoms with Crippen LogP contribution in [0.1, 0.15) is 91.1 Å². The van der Waals surface area contributed by atoms with Gasteiger partial charge in [0.25, 0.3) is 17.6 Å². The number of carbonyl (C=O) groups is 4. The standard InChI is InChI=1S/C46H65N3O13/c1-13-19-49(20-14-2)48(11)34(51)23-59-33-22-31-41(55)36-35(33)37-43(29(8)40(36)54)62-46(10,44(37)56)60-21-18-32(58-12)26(5)42(61-30(9)50)28(7)39(53)27(6)38(52)24(3)16-15-17-25(4)45(57)47-31/h15-18,21-22,24,26-28,32,38-39,42,52-55H,13-14,19-20,23H2,1-12H3,(H,47,57)/b16-15+,21-18+,25-17?. The van der Waals surface area contributed by atoms with Gasteiger partial charge >= 0.3 is 11.8 Å². The molecule has 0 radical (unpaired) electrons. The van der Waals surface area contributed by atoms with Crippen LogP contribution in [0.5, 0.6) is 23.0 Å². The third-order valence-electron chi connectivity index (χ3n) is 11.9. The molecule has 3 heterocycles. The number of aliphatic hydroxyl groups is 2. The molecule has 5 rings (SSSR count). The fourth-order valence-corrected chi connectivity index (χ4v) is 8.07. The molecular formula is C46H65N3O13. The summed E-state index contributed by atoms with van der Waals surface area (Å²) in [5.41, 5.74) is -0.0256. The second kappa shape index (κ2) is 20.8. The lowest BCUT2D eigenvalue weighted by molar-refractivity contribution is -0.160. The summed E-state index contributed by atoms with van der Waals surface area (Å²) in [4.78, 5) is 54.2. The predicted molar refractivity (Wildman–Crippen MR) is 233 cm³/mol. The predicted octanol–water partition coefficient (Wildman–Crippen LogP) is 5.92. The van der Waals surface area contributed by atoms with E-state index >= 15 is 0 Å². The number of methoxy groups -OCH3 is 1. The fourth-order valence-electron chi connectivity index (χ4n) is 8.07. The van der Waals surface area contributed by atoms with Gasteiger partial charge in [0.05, 0.1) is 41.2 Å². The van der Waals surface area contributed by atoms with Crippen molar-refractivity contribution in [2.75, 3.05) is 39.2 Å². The Bertz CT molecular complexity index is 2080. The number of fused-ring (bicyclic) bond motifs is 14. The third kappa shape index (κ3) is 10.4. The summed E-state index contributed by atoms with van der Waals surface area (Å²) < 4.78 is 29.9. The lowest BCUT2D eigenvalue weighted by Crippen LogP contribution is -2.46. The first-order valence-electron chi connectivity index (χ1n) is 21.2. The highest BCUT2D eigenvalue weighted by Crippen LogP contribution is 2.54. The Hall–Kier alpha value is -5.16. The van der Waals surface area contributed by atoms with Gasteiger partial charge in [-0.3, -0.25) is 24.2 Å². The number of phenolic OH excluding ortho intramolecular Hbond substituents is 2. The van der Waals surface area contributed by atoms with E-state index in [9.17, 15) is 39.6 Å². The SMILES string of the molecule is CCCN(CCC)N(C)C(=O)COc1cc2c(O)c3c(O)c(C)c4c(c13)C(=O)C(C)(O/C=C/C(OC)C(C)C(OC(C)=O)C(C)C(O)C(C)C(O)C(C)/C=C/C=C(C)C(=O)N2)O4. The highest BCUT2D eigenvalue weighted by Gasteiger charge is 2.50. The van der Waals surface area contributed by atoms with Crippen molar-refractivity contribution in [2.45, 2.75) is 112 Å². The first-order valence-corrected chi connectivity index (χ1v) is 21.2.